The van der Waals surface area contributed by atoms with E-state index in [0.717, 1.165) is 43.9 Å². The fourth-order valence-electron chi connectivity index (χ4n) is 3.26. The molecular weight excluding hydrogens is 410 g/mol. The van der Waals surface area contributed by atoms with Gasteiger partial charge in [-0.2, -0.15) is 0 Å². The Balaban J connectivity index is 1.60. The number of aromatic nitrogens is 1. The number of hydrogen-bond acceptors (Lipinski definition) is 5. The number of halogens is 1. The minimum Gasteiger partial charge on any atom is -0.504 e. The Morgan fingerprint density at radius 3 is 2.85 bits per heavy atom. The number of amides is 1. The van der Waals surface area contributed by atoms with Gasteiger partial charge in [0, 0.05) is 43.4 Å². The Kier molecular flexibility index (Phi) is 6.68. The number of pyridine rings is 1. The van der Waals surface area contributed by atoms with Gasteiger partial charge in [0.1, 0.15) is 0 Å². The standard InChI is InChI=1S/C20H24BrN3O3/c1-27-19-11-15(17(21)13-18(19)25)12-20(26)24-8-4-7-23(9-10-24)14-16-5-2-3-6-22-16/h2-3,5-6,11,13,25H,4,7-10,12,14H2,1H3. The Hall–Kier alpha value is -2.12. The number of aromatic hydroxyl groups is 1. The molecule has 0 atom stereocenters. The third kappa shape index (κ3) is 5.20. The molecule has 27 heavy (non-hydrogen) atoms. The summed E-state index contributed by atoms with van der Waals surface area (Å²) in [6.07, 6.45) is 3.03. The summed E-state index contributed by atoms with van der Waals surface area (Å²) in [6, 6.07) is 9.23. The van der Waals surface area contributed by atoms with Gasteiger partial charge in [-0.05, 0) is 36.2 Å². The summed E-state index contributed by atoms with van der Waals surface area (Å²) in [7, 11) is 1.50. The van der Waals surface area contributed by atoms with Crippen molar-refractivity contribution in [1.29, 1.82) is 0 Å². The summed E-state index contributed by atoms with van der Waals surface area (Å²) >= 11 is 3.42. The third-order valence-electron chi connectivity index (χ3n) is 4.74. The average molecular weight is 434 g/mol. The summed E-state index contributed by atoms with van der Waals surface area (Å²) in [5, 5.41) is 9.83. The Labute approximate surface area is 167 Å². The van der Waals surface area contributed by atoms with Crippen molar-refractivity contribution in [3.8, 4) is 11.5 Å². The highest BCUT2D eigenvalue weighted by Gasteiger charge is 2.21. The highest BCUT2D eigenvalue weighted by atomic mass is 79.9. The predicted octanol–water partition coefficient (Wildman–Crippen LogP) is 2.84. The van der Waals surface area contributed by atoms with E-state index >= 15 is 0 Å². The van der Waals surface area contributed by atoms with Gasteiger partial charge < -0.3 is 14.7 Å². The van der Waals surface area contributed by atoms with Crippen molar-refractivity contribution in [2.45, 2.75) is 19.4 Å². The first-order valence-corrected chi connectivity index (χ1v) is 9.81. The van der Waals surface area contributed by atoms with Crippen LogP contribution in [0.4, 0.5) is 0 Å². The largest absolute Gasteiger partial charge is 0.504 e. The Morgan fingerprint density at radius 2 is 2.11 bits per heavy atom. The molecule has 3 rings (SSSR count). The zero-order valence-corrected chi connectivity index (χ0v) is 17.0. The quantitative estimate of drug-likeness (QED) is 0.784. The van der Waals surface area contributed by atoms with Gasteiger partial charge in [-0.15, -0.1) is 0 Å². The predicted molar refractivity (Wildman–Crippen MR) is 107 cm³/mol. The summed E-state index contributed by atoms with van der Waals surface area (Å²) in [4.78, 5) is 21.4. The maximum absolute atomic E-state index is 12.8. The molecule has 7 heteroatoms. The van der Waals surface area contributed by atoms with E-state index in [2.05, 4.69) is 25.8 Å². The van der Waals surface area contributed by atoms with Crippen molar-refractivity contribution < 1.29 is 14.6 Å². The molecule has 1 saturated heterocycles. The first-order chi connectivity index (χ1) is 13.1. The van der Waals surface area contributed by atoms with Crippen molar-refractivity contribution in [1.82, 2.24) is 14.8 Å². The zero-order valence-electron chi connectivity index (χ0n) is 15.4. The molecule has 1 aliphatic rings. The molecule has 1 aliphatic heterocycles. The number of ether oxygens (including phenoxy) is 1. The molecule has 0 unspecified atom stereocenters. The summed E-state index contributed by atoms with van der Waals surface area (Å²) in [6.45, 7) is 4.06. The van der Waals surface area contributed by atoms with E-state index in [0.29, 0.717) is 16.8 Å². The second-order valence-corrected chi connectivity index (χ2v) is 7.48. The zero-order chi connectivity index (χ0) is 19.2. The molecule has 1 amide bonds. The van der Waals surface area contributed by atoms with E-state index in [9.17, 15) is 9.90 Å². The van der Waals surface area contributed by atoms with Crippen LogP contribution in [0.15, 0.2) is 41.0 Å². The van der Waals surface area contributed by atoms with Gasteiger partial charge >= 0.3 is 0 Å². The minimum absolute atomic E-state index is 0.0560. The summed E-state index contributed by atoms with van der Waals surface area (Å²) in [5.41, 5.74) is 1.86. The van der Waals surface area contributed by atoms with Crippen LogP contribution < -0.4 is 4.74 Å². The maximum atomic E-state index is 12.8. The fourth-order valence-corrected chi connectivity index (χ4v) is 3.73. The van der Waals surface area contributed by atoms with Gasteiger partial charge in [0.15, 0.2) is 11.5 Å². The van der Waals surface area contributed by atoms with Gasteiger partial charge in [0.25, 0.3) is 0 Å². The highest BCUT2D eigenvalue weighted by molar-refractivity contribution is 9.10. The minimum atomic E-state index is 0.0560. The van der Waals surface area contributed by atoms with Crippen LogP contribution in [0.25, 0.3) is 0 Å². The van der Waals surface area contributed by atoms with Crippen LogP contribution in [0.5, 0.6) is 11.5 Å². The van der Waals surface area contributed by atoms with Gasteiger partial charge in [0.2, 0.25) is 5.91 Å². The van der Waals surface area contributed by atoms with Crippen LogP contribution >= 0.6 is 15.9 Å². The van der Waals surface area contributed by atoms with Crippen LogP contribution in [0.3, 0.4) is 0 Å². The normalized spacial score (nSPS) is 15.4. The topological polar surface area (TPSA) is 65.9 Å². The van der Waals surface area contributed by atoms with E-state index in [-0.39, 0.29) is 18.1 Å². The van der Waals surface area contributed by atoms with Crippen molar-refractivity contribution in [2.24, 2.45) is 0 Å². The Bertz CT molecular complexity index is 786. The monoisotopic (exact) mass is 433 g/mol. The van der Waals surface area contributed by atoms with Crippen molar-refractivity contribution >= 4 is 21.8 Å². The molecule has 1 fully saturated rings. The average Bonchev–Trinajstić information content (AvgIpc) is 2.90. The molecule has 0 bridgehead atoms. The number of nitrogens with zero attached hydrogens (tertiary/aromatic N) is 3. The SMILES string of the molecule is COc1cc(CC(=O)N2CCCN(Cc3ccccn3)CC2)c(Br)cc1O. The van der Waals surface area contributed by atoms with E-state index in [1.54, 1.807) is 12.1 Å². The van der Waals surface area contributed by atoms with E-state index in [1.165, 1.54) is 7.11 Å². The Morgan fingerprint density at radius 1 is 1.26 bits per heavy atom. The van der Waals surface area contributed by atoms with Gasteiger partial charge in [-0.1, -0.05) is 22.0 Å². The van der Waals surface area contributed by atoms with Gasteiger partial charge in [-0.3, -0.25) is 14.7 Å². The molecule has 1 aromatic carbocycles. The molecule has 2 heterocycles. The molecule has 0 spiro atoms. The highest BCUT2D eigenvalue weighted by Crippen LogP contribution is 2.32. The molecule has 0 radical (unpaired) electrons. The number of phenolic OH excluding ortho intramolecular Hbond substituents is 1. The van der Waals surface area contributed by atoms with Gasteiger partial charge in [-0.25, -0.2) is 0 Å². The number of methoxy groups -OCH3 is 1. The van der Waals surface area contributed by atoms with Crippen LogP contribution in [-0.2, 0) is 17.8 Å². The second kappa shape index (κ2) is 9.19. The third-order valence-corrected chi connectivity index (χ3v) is 5.48. The lowest BCUT2D eigenvalue weighted by atomic mass is 10.1. The number of carbonyl (C=O) groups excluding carboxylic acids is 1. The summed E-state index contributed by atoms with van der Waals surface area (Å²) in [5.74, 6) is 0.516. The number of benzene rings is 1. The lowest BCUT2D eigenvalue weighted by Crippen LogP contribution is -2.36. The second-order valence-electron chi connectivity index (χ2n) is 6.62. The number of phenols is 1. The first kappa shape index (κ1) is 19.6. The van der Waals surface area contributed by atoms with Crippen molar-refractivity contribution in [3.05, 3.63) is 52.3 Å². The van der Waals surface area contributed by atoms with E-state index in [1.807, 2.05) is 29.3 Å². The number of rotatable bonds is 5. The lowest BCUT2D eigenvalue weighted by molar-refractivity contribution is -0.130. The van der Waals surface area contributed by atoms with Crippen molar-refractivity contribution in [3.63, 3.8) is 0 Å². The molecule has 6 nitrogen and oxygen atoms in total. The molecule has 144 valence electrons. The van der Waals surface area contributed by atoms with Crippen LogP contribution in [-0.4, -0.2) is 59.1 Å². The molecule has 1 N–H and O–H groups in total. The molecular formula is C20H24BrN3O3. The lowest BCUT2D eigenvalue weighted by Gasteiger charge is -2.22. The van der Waals surface area contributed by atoms with Crippen LogP contribution in [0.1, 0.15) is 17.7 Å². The van der Waals surface area contributed by atoms with Crippen LogP contribution in [0, 0.1) is 0 Å². The molecule has 1 aromatic heterocycles. The fraction of sp³-hybridized carbons (Fsp3) is 0.400. The molecule has 0 saturated carbocycles. The number of hydrogen-bond donors (Lipinski definition) is 1. The maximum Gasteiger partial charge on any atom is 0.227 e. The number of carbonyl (C=O) groups is 1. The first-order valence-electron chi connectivity index (χ1n) is 9.02. The molecule has 0 aliphatic carbocycles. The van der Waals surface area contributed by atoms with Gasteiger partial charge in [0.05, 0.1) is 19.2 Å². The van der Waals surface area contributed by atoms with E-state index in [4.69, 9.17) is 4.74 Å². The van der Waals surface area contributed by atoms with E-state index < -0.39 is 0 Å². The van der Waals surface area contributed by atoms with Crippen molar-refractivity contribution in [2.75, 3.05) is 33.3 Å². The smallest absolute Gasteiger partial charge is 0.227 e. The summed E-state index contributed by atoms with van der Waals surface area (Å²) < 4.78 is 5.86. The van der Waals surface area contributed by atoms with Crippen LogP contribution in [0.2, 0.25) is 0 Å². The molecule has 2 aromatic rings.